The SMILES string of the molecule is O=S(=O)(NCC1CCCCS1)c1sccc1Br. The van der Waals surface area contributed by atoms with E-state index in [0.29, 0.717) is 20.5 Å². The highest BCUT2D eigenvalue weighted by Gasteiger charge is 2.21. The van der Waals surface area contributed by atoms with E-state index < -0.39 is 10.0 Å². The predicted octanol–water partition coefficient (Wildman–Crippen LogP) is 3.07. The average molecular weight is 356 g/mol. The lowest BCUT2D eigenvalue weighted by Crippen LogP contribution is -2.31. The van der Waals surface area contributed by atoms with E-state index in [-0.39, 0.29) is 0 Å². The van der Waals surface area contributed by atoms with Gasteiger partial charge in [0.05, 0.1) is 0 Å². The van der Waals surface area contributed by atoms with Gasteiger partial charge in [0.2, 0.25) is 0 Å². The highest BCUT2D eigenvalue weighted by atomic mass is 79.9. The van der Waals surface area contributed by atoms with Gasteiger partial charge in [0, 0.05) is 16.3 Å². The van der Waals surface area contributed by atoms with E-state index in [1.165, 1.54) is 24.2 Å². The van der Waals surface area contributed by atoms with E-state index >= 15 is 0 Å². The molecule has 2 heterocycles. The van der Waals surface area contributed by atoms with Crippen molar-refractivity contribution in [2.24, 2.45) is 0 Å². The molecule has 1 aromatic rings. The Morgan fingerprint density at radius 1 is 1.47 bits per heavy atom. The summed E-state index contributed by atoms with van der Waals surface area (Å²) in [6.07, 6.45) is 3.57. The van der Waals surface area contributed by atoms with Crippen LogP contribution < -0.4 is 4.72 Å². The first-order chi connectivity index (χ1) is 8.09. The maximum Gasteiger partial charge on any atom is 0.251 e. The summed E-state index contributed by atoms with van der Waals surface area (Å²) in [6, 6.07) is 1.76. The largest absolute Gasteiger partial charge is 0.251 e. The Bertz CT molecular complexity index is 466. The standard InChI is InChI=1S/C10H14BrNO2S3/c11-9-4-6-16-10(9)17(13,14)12-7-8-3-1-2-5-15-8/h4,6,8,12H,1-3,5,7H2. The van der Waals surface area contributed by atoms with Gasteiger partial charge in [-0.25, -0.2) is 13.1 Å². The summed E-state index contributed by atoms with van der Waals surface area (Å²) >= 11 is 6.36. The van der Waals surface area contributed by atoms with Crippen molar-refractivity contribution < 1.29 is 8.42 Å². The van der Waals surface area contributed by atoms with Crippen LogP contribution in [0.15, 0.2) is 20.1 Å². The van der Waals surface area contributed by atoms with E-state index in [1.54, 1.807) is 11.4 Å². The van der Waals surface area contributed by atoms with Gasteiger partial charge in [-0.2, -0.15) is 11.8 Å². The van der Waals surface area contributed by atoms with Gasteiger partial charge in [-0.05, 0) is 46.0 Å². The third-order valence-electron chi connectivity index (χ3n) is 2.60. The van der Waals surface area contributed by atoms with Crippen LogP contribution in [0, 0.1) is 0 Å². The summed E-state index contributed by atoms with van der Waals surface area (Å²) in [5.41, 5.74) is 0. The molecule has 0 aliphatic carbocycles. The molecule has 0 amide bonds. The molecule has 96 valence electrons. The normalized spacial score (nSPS) is 21.6. The maximum atomic E-state index is 12.0. The number of hydrogen-bond acceptors (Lipinski definition) is 4. The van der Waals surface area contributed by atoms with Gasteiger partial charge < -0.3 is 0 Å². The average Bonchev–Trinajstić information content (AvgIpc) is 2.75. The van der Waals surface area contributed by atoms with Gasteiger partial charge in [0.15, 0.2) is 0 Å². The molecule has 3 nitrogen and oxygen atoms in total. The van der Waals surface area contributed by atoms with E-state index in [2.05, 4.69) is 20.7 Å². The zero-order chi connectivity index (χ0) is 12.3. The van der Waals surface area contributed by atoms with Crippen molar-refractivity contribution in [3.05, 3.63) is 15.9 Å². The Morgan fingerprint density at radius 2 is 2.29 bits per heavy atom. The summed E-state index contributed by atoms with van der Waals surface area (Å²) in [6.45, 7) is 0.539. The number of hydrogen-bond donors (Lipinski definition) is 1. The molecule has 0 radical (unpaired) electrons. The third kappa shape index (κ3) is 3.70. The van der Waals surface area contributed by atoms with Crippen molar-refractivity contribution in [2.45, 2.75) is 28.7 Å². The molecular formula is C10H14BrNO2S3. The Labute approximate surface area is 119 Å². The first-order valence-corrected chi connectivity index (χ1v) is 9.64. The molecule has 0 saturated carbocycles. The minimum absolute atomic E-state index is 0.373. The molecule has 1 fully saturated rings. The highest BCUT2D eigenvalue weighted by molar-refractivity contribution is 9.10. The molecule has 17 heavy (non-hydrogen) atoms. The molecule has 1 N–H and O–H groups in total. The molecular weight excluding hydrogens is 342 g/mol. The maximum absolute atomic E-state index is 12.0. The lowest BCUT2D eigenvalue weighted by atomic mass is 10.2. The fourth-order valence-corrected chi connectivity index (χ4v) is 6.51. The summed E-state index contributed by atoms with van der Waals surface area (Å²) in [4.78, 5) is 0. The van der Waals surface area contributed by atoms with Crippen LogP contribution in [0.2, 0.25) is 0 Å². The summed E-state index contributed by atoms with van der Waals surface area (Å²) < 4.78 is 27.8. The Balaban J connectivity index is 1.96. The van der Waals surface area contributed by atoms with Gasteiger partial charge in [-0.1, -0.05) is 6.42 Å². The molecule has 1 aromatic heterocycles. The molecule has 1 aliphatic rings. The van der Waals surface area contributed by atoms with E-state index in [0.717, 1.165) is 12.2 Å². The Hall–Kier alpha value is 0.440. The molecule has 2 rings (SSSR count). The van der Waals surface area contributed by atoms with Crippen LogP contribution >= 0.6 is 39.0 Å². The van der Waals surface area contributed by atoms with Gasteiger partial charge >= 0.3 is 0 Å². The molecule has 0 spiro atoms. The van der Waals surface area contributed by atoms with Gasteiger partial charge in [-0.15, -0.1) is 11.3 Å². The topological polar surface area (TPSA) is 46.2 Å². The van der Waals surface area contributed by atoms with Crippen molar-refractivity contribution in [1.82, 2.24) is 4.72 Å². The van der Waals surface area contributed by atoms with Crippen LogP contribution in [0.4, 0.5) is 0 Å². The van der Waals surface area contributed by atoms with E-state index in [4.69, 9.17) is 0 Å². The van der Waals surface area contributed by atoms with Crippen molar-refractivity contribution >= 4 is 49.1 Å². The summed E-state index contributed by atoms with van der Waals surface area (Å²) in [5.74, 6) is 1.15. The zero-order valence-corrected chi connectivity index (χ0v) is 13.2. The second-order valence-electron chi connectivity index (χ2n) is 3.90. The number of nitrogens with one attached hydrogen (secondary N) is 1. The minimum Gasteiger partial charge on any atom is -0.209 e. The number of rotatable bonds is 4. The number of halogens is 1. The Morgan fingerprint density at radius 3 is 2.88 bits per heavy atom. The van der Waals surface area contributed by atoms with Gasteiger partial charge in [0.1, 0.15) is 4.21 Å². The second kappa shape index (κ2) is 6.06. The number of thioether (sulfide) groups is 1. The predicted molar refractivity (Wildman–Crippen MR) is 77.3 cm³/mol. The first-order valence-electron chi connectivity index (χ1n) is 5.44. The molecule has 0 bridgehead atoms. The number of sulfonamides is 1. The summed E-state index contributed by atoms with van der Waals surface area (Å²) in [5, 5.41) is 2.20. The number of thiophene rings is 1. The fraction of sp³-hybridized carbons (Fsp3) is 0.600. The van der Waals surface area contributed by atoms with Gasteiger partial charge in [0.25, 0.3) is 10.0 Å². The Kier molecular flexibility index (Phi) is 4.94. The minimum atomic E-state index is -3.34. The molecule has 1 saturated heterocycles. The van der Waals surface area contributed by atoms with E-state index in [9.17, 15) is 8.42 Å². The molecule has 1 atom stereocenters. The van der Waals surface area contributed by atoms with E-state index in [1.807, 2.05) is 11.8 Å². The molecule has 7 heteroatoms. The fourth-order valence-electron chi connectivity index (χ4n) is 1.71. The quantitative estimate of drug-likeness (QED) is 0.902. The van der Waals surface area contributed by atoms with Crippen molar-refractivity contribution in [3.8, 4) is 0 Å². The van der Waals surface area contributed by atoms with Crippen LogP contribution in [-0.2, 0) is 10.0 Å². The highest BCUT2D eigenvalue weighted by Crippen LogP contribution is 2.28. The van der Waals surface area contributed by atoms with Crippen LogP contribution in [0.25, 0.3) is 0 Å². The summed E-state index contributed by atoms with van der Waals surface area (Å²) in [7, 11) is -3.34. The van der Waals surface area contributed by atoms with Gasteiger partial charge in [-0.3, -0.25) is 0 Å². The molecule has 1 unspecified atom stereocenters. The monoisotopic (exact) mass is 355 g/mol. The first kappa shape index (κ1) is 13.9. The van der Waals surface area contributed by atoms with Crippen molar-refractivity contribution in [3.63, 3.8) is 0 Å². The second-order valence-corrected chi connectivity index (χ2v) is 9.04. The molecule has 0 aromatic carbocycles. The lowest BCUT2D eigenvalue weighted by molar-refractivity contribution is 0.575. The zero-order valence-electron chi connectivity index (χ0n) is 9.19. The van der Waals surface area contributed by atoms with Crippen LogP contribution in [0.3, 0.4) is 0 Å². The van der Waals surface area contributed by atoms with Crippen LogP contribution in [0.1, 0.15) is 19.3 Å². The van der Waals surface area contributed by atoms with Crippen LogP contribution in [-0.4, -0.2) is 26.0 Å². The molecule has 1 aliphatic heterocycles. The van der Waals surface area contributed by atoms with Crippen LogP contribution in [0.5, 0.6) is 0 Å². The third-order valence-corrected chi connectivity index (χ3v) is 8.10. The van der Waals surface area contributed by atoms with Crippen molar-refractivity contribution in [2.75, 3.05) is 12.3 Å². The smallest absolute Gasteiger partial charge is 0.209 e. The van der Waals surface area contributed by atoms with Crippen molar-refractivity contribution in [1.29, 1.82) is 0 Å². The lowest BCUT2D eigenvalue weighted by Gasteiger charge is -2.21.